The SMILES string of the molecule is Cc1cc(Oc2ccccc2Cl)ccc1CNC1CC1. The second-order valence-corrected chi connectivity index (χ2v) is 5.68. The second kappa shape index (κ2) is 5.86. The molecule has 0 radical (unpaired) electrons. The molecule has 1 aliphatic carbocycles. The maximum atomic E-state index is 6.10. The Morgan fingerprint density at radius 1 is 1.20 bits per heavy atom. The molecule has 1 aliphatic rings. The molecule has 0 heterocycles. The van der Waals surface area contributed by atoms with Gasteiger partial charge in [-0.15, -0.1) is 0 Å². The van der Waals surface area contributed by atoms with Crippen molar-refractivity contribution in [3.63, 3.8) is 0 Å². The smallest absolute Gasteiger partial charge is 0.146 e. The zero-order valence-corrected chi connectivity index (χ0v) is 12.3. The first-order valence-electron chi connectivity index (χ1n) is 6.97. The van der Waals surface area contributed by atoms with Crippen molar-refractivity contribution in [3.8, 4) is 11.5 Å². The van der Waals surface area contributed by atoms with Crippen molar-refractivity contribution in [1.82, 2.24) is 5.32 Å². The Labute approximate surface area is 124 Å². The molecule has 3 rings (SSSR count). The summed E-state index contributed by atoms with van der Waals surface area (Å²) in [4.78, 5) is 0. The van der Waals surface area contributed by atoms with Gasteiger partial charge in [0.1, 0.15) is 11.5 Å². The van der Waals surface area contributed by atoms with Gasteiger partial charge in [-0.05, 0) is 55.2 Å². The normalized spacial score (nSPS) is 14.3. The van der Waals surface area contributed by atoms with E-state index in [1.165, 1.54) is 24.0 Å². The lowest BCUT2D eigenvalue weighted by atomic mass is 10.1. The molecule has 2 aromatic carbocycles. The van der Waals surface area contributed by atoms with E-state index in [1.807, 2.05) is 30.3 Å². The van der Waals surface area contributed by atoms with E-state index in [2.05, 4.69) is 24.4 Å². The van der Waals surface area contributed by atoms with Crippen molar-refractivity contribution in [3.05, 3.63) is 58.6 Å². The first-order valence-corrected chi connectivity index (χ1v) is 7.35. The van der Waals surface area contributed by atoms with Crippen molar-refractivity contribution in [2.24, 2.45) is 0 Å². The maximum Gasteiger partial charge on any atom is 0.146 e. The summed E-state index contributed by atoms with van der Waals surface area (Å²) in [6.45, 7) is 3.05. The molecule has 20 heavy (non-hydrogen) atoms. The van der Waals surface area contributed by atoms with Gasteiger partial charge in [-0.3, -0.25) is 0 Å². The van der Waals surface area contributed by atoms with Crippen molar-refractivity contribution < 1.29 is 4.74 Å². The van der Waals surface area contributed by atoms with E-state index in [0.29, 0.717) is 10.8 Å². The second-order valence-electron chi connectivity index (χ2n) is 5.28. The zero-order valence-electron chi connectivity index (χ0n) is 11.5. The number of hydrogen-bond acceptors (Lipinski definition) is 2. The third-order valence-electron chi connectivity index (χ3n) is 3.54. The first kappa shape index (κ1) is 13.5. The summed E-state index contributed by atoms with van der Waals surface area (Å²) in [5.41, 5.74) is 2.56. The van der Waals surface area contributed by atoms with E-state index in [1.54, 1.807) is 0 Å². The van der Waals surface area contributed by atoms with Crippen LogP contribution in [0.3, 0.4) is 0 Å². The van der Waals surface area contributed by atoms with Crippen LogP contribution in [0.25, 0.3) is 0 Å². The fourth-order valence-corrected chi connectivity index (χ4v) is 2.30. The minimum Gasteiger partial charge on any atom is -0.456 e. The van der Waals surface area contributed by atoms with E-state index in [0.717, 1.165) is 18.3 Å². The lowest BCUT2D eigenvalue weighted by Gasteiger charge is -2.11. The standard InChI is InChI=1S/C17H18ClNO/c1-12-10-15(20-17-5-3-2-4-16(17)18)9-6-13(12)11-19-14-7-8-14/h2-6,9-10,14,19H,7-8,11H2,1H3. The van der Waals surface area contributed by atoms with Crippen LogP contribution in [0.5, 0.6) is 11.5 Å². The molecular weight excluding hydrogens is 270 g/mol. The van der Waals surface area contributed by atoms with Crippen molar-refractivity contribution in [1.29, 1.82) is 0 Å². The number of para-hydroxylation sites is 1. The third kappa shape index (κ3) is 3.33. The van der Waals surface area contributed by atoms with Crippen LogP contribution >= 0.6 is 11.6 Å². The van der Waals surface area contributed by atoms with Crippen LogP contribution in [0.4, 0.5) is 0 Å². The highest BCUT2D eigenvalue weighted by Crippen LogP contribution is 2.30. The highest BCUT2D eigenvalue weighted by molar-refractivity contribution is 6.32. The Morgan fingerprint density at radius 3 is 2.70 bits per heavy atom. The van der Waals surface area contributed by atoms with Gasteiger partial charge in [0, 0.05) is 12.6 Å². The molecule has 104 valence electrons. The van der Waals surface area contributed by atoms with Crippen LogP contribution in [0.1, 0.15) is 24.0 Å². The van der Waals surface area contributed by atoms with E-state index in [9.17, 15) is 0 Å². The Hall–Kier alpha value is -1.51. The third-order valence-corrected chi connectivity index (χ3v) is 3.85. The molecule has 2 nitrogen and oxygen atoms in total. The molecule has 1 N–H and O–H groups in total. The van der Waals surface area contributed by atoms with Gasteiger partial charge in [0.25, 0.3) is 0 Å². The van der Waals surface area contributed by atoms with E-state index < -0.39 is 0 Å². The van der Waals surface area contributed by atoms with Gasteiger partial charge in [0.15, 0.2) is 0 Å². The predicted molar refractivity (Wildman–Crippen MR) is 82.6 cm³/mol. The van der Waals surface area contributed by atoms with Crippen molar-refractivity contribution >= 4 is 11.6 Å². The lowest BCUT2D eigenvalue weighted by molar-refractivity contribution is 0.482. The number of benzene rings is 2. The zero-order chi connectivity index (χ0) is 13.9. The molecule has 1 fully saturated rings. The monoisotopic (exact) mass is 287 g/mol. The summed E-state index contributed by atoms with van der Waals surface area (Å²) in [5.74, 6) is 1.52. The fraction of sp³-hybridized carbons (Fsp3) is 0.294. The average Bonchev–Trinajstić information content (AvgIpc) is 3.25. The number of nitrogens with one attached hydrogen (secondary N) is 1. The van der Waals surface area contributed by atoms with Crippen LogP contribution in [0.2, 0.25) is 5.02 Å². The molecule has 1 saturated carbocycles. The summed E-state index contributed by atoms with van der Waals surface area (Å²) in [6, 6.07) is 14.4. The number of ether oxygens (including phenoxy) is 1. The van der Waals surface area contributed by atoms with Gasteiger partial charge in [0.2, 0.25) is 0 Å². The largest absolute Gasteiger partial charge is 0.456 e. The van der Waals surface area contributed by atoms with Crippen LogP contribution in [0, 0.1) is 6.92 Å². The number of hydrogen-bond donors (Lipinski definition) is 1. The highest BCUT2D eigenvalue weighted by Gasteiger charge is 2.20. The number of rotatable bonds is 5. The summed E-state index contributed by atoms with van der Waals surface area (Å²) < 4.78 is 5.83. The molecule has 0 spiro atoms. The summed E-state index contributed by atoms with van der Waals surface area (Å²) in [5, 5.41) is 4.16. The maximum absolute atomic E-state index is 6.10. The number of aryl methyl sites for hydroxylation is 1. The Balaban J connectivity index is 1.71. The quantitative estimate of drug-likeness (QED) is 0.861. The van der Waals surface area contributed by atoms with Crippen LogP contribution in [-0.4, -0.2) is 6.04 Å². The Morgan fingerprint density at radius 2 is 2.00 bits per heavy atom. The molecule has 3 heteroatoms. The fourth-order valence-electron chi connectivity index (χ4n) is 2.13. The van der Waals surface area contributed by atoms with Crippen molar-refractivity contribution in [2.45, 2.75) is 32.4 Å². The lowest BCUT2D eigenvalue weighted by Crippen LogP contribution is -2.15. The molecule has 0 amide bonds. The topological polar surface area (TPSA) is 21.3 Å². The molecule has 0 aromatic heterocycles. The Bertz CT molecular complexity index is 608. The average molecular weight is 288 g/mol. The minimum absolute atomic E-state index is 0.629. The van der Waals surface area contributed by atoms with Crippen LogP contribution < -0.4 is 10.1 Å². The molecule has 0 saturated heterocycles. The summed E-state index contributed by atoms with van der Waals surface area (Å²) in [6.07, 6.45) is 2.62. The van der Waals surface area contributed by atoms with Gasteiger partial charge in [0.05, 0.1) is 5.02 Å². The predicted octanol–water partition coefficient (Wildman–Crippen LogP) is 4.69. The van der Waals surface area contributed by atoms with Gasteiger partial charge < -0.3 is 10.1 Å². The van der Waals surface area contributed by atoms with E-state index >= 15 is 0 Å². The van der Waals surface area contributed by atoms with Gasteiger partial charge >= 0.3 is 0 Å². The van der Waals surface area contributed by atoms with Gasteiger partial charge in [-0.1, -0.05) is 29.8 Å². The molecular formula is C17H18ClNO. The summed E-state index contributed by atoms with van der Waals surface area (Å²) in [7, 11) is 0. The molecule has 0 bridgehead atoms. The van der Waals surface area contributed by atoms with Gasteiger partial charge in [-0.2, -0.15) is 0 Å². The molecule has 0 atom stereocenters. The molecule has 2 aromatic rings. The van der Waals surface area contributed by atoms with Gasteiger partial charge in [-0.25, -0.2) is 0 Å². The first-order chi connectivity index (χ1) is 9.72. The number of halogens is 1. The molecule has 0 unspecified atom stereocenters. The van der Waals surface area contributed by atoms with Crippen LogP contribution in [0.15, 0.2) is 42.5 Å². The Kier molecular flexibility index (Phi) is 3.95. The minimum atomic E-state index is 0.629. The van der Waals surface area contributed by atoms with E-state index in [-0.39, 0.29) is 0 Å². The van der Waals surface area contributed by atoms with Crippen LogP contribution in [-0.2, 0) is 6.54 Å². The van der Waals surface area contributed by atoms with E-state index in [4.69, 9.17) is 16.3 Å². The summed E-state index contributed by atoms with van der Waals surface area (Å²) >= 11 is 6.10. The molecule has 0 aliphatic heterocycles. The van der Waals surface area contributed by atoms with Crippen molar-refractivity contribution in [2.75, 3.05) is 0 Å². The highest BCUT2D eigenvalue weighted by atomic mass is 35.5.